The molecule has 1 aliphatic carbocycles. The van der Waals surface area contributed by atoms with E-state index in [0.29, 0.717) is 26.2 Å². The van der Waals surface area contributed by atoms with Gasteiger partial charge in [0.25, 0.3) is 0 Å². The summed E-state index contributed by atoms with van der Waals surface area (Å²) in [6, 6.07) is 0. The summed E-state index contributed by atoms with van der Waals surface area (Å²) in [5.74, 6) is 0.806. The van der Waals surface area contributed by atoms with Crippen LogP contribution < -0.4 is 0 Å². The van der Waals surface area contributed by atoms with E-state index in [4.69, 9.17) is 0 Å². The number of nitrogens with zero attached hydrogens (tertiary/aromatic N) is 6. The fourth-order valence-electron chi connectivity index (χ4n) is 2.70. The zero-order valence-corrected chi connectivity index (χ0v) is 12.3. The highest BCUT2D eigenvalue weighted by atomic mass is 32.2. The van der Waals surface area contributed by atoms with Crippen molar-refractivity contribution in [2.75, 3.05) is 6.54 Å². The molecule has 0 radical (unpaired) electrons. The van der Waals surface area contributed by atoms with Crippen molar-refractivity contribution in [1.82, 2.24) is 28.6 Å². The summed E-state index contributed by atoms with van der Waals surface area (Å²) in [5.41, 5.74) is 1.03. The van der Waals surface area contributed by atoms with Crippen LogP contribution in [0, 0.1) is 0 Å². The van der Waals surface area contributed by atoms with Crippen LogP contribution in [0.2, 0.25) is 0 Å². The molecule has 0 atom stereocenters. The Morgan fingerprint density at radius 3 is 2.86 bits per heavy atom. The van der Waals surface area contributed by atoms with Gasteiger partial charge in [-0.05, 0) is 12.8 Å². The molecule has 0 aromatic carbocycles. The first kappa shape index (κ1) is 13.0. The van der Waals surface area contributed by atoms with Crippen LogP contribution in [0.25, 0.3) is 0 Å². The molecule has 21 heavy (non-hydrogen) atoms. The van der Waals surface area contributed by atoms with Crippen LogP contribution in [0.3, 0.4) is 0 Å². The van der Waals surface area contributed by atoms with Crippen LogP contribution in [0.1, 0.15) is 24.4 Å². The van der Waals surface area contributed by atoms with Crippen LogP contribution in [0.4, 0.5) is 0 Å². The molecule has 1 aliphatic heterocycles. The zero-order chi connectivity index (χ0) is 14.4. The van der Waals surface area contributed by atoms with Gasteiger partial charge in [-0.15, -0.1) is 0 Å². The number of hydrogen-bond acceptors (Lipinski definition) is 5. The molecule has 0 N–H and O–H groups in total. The lowest BCUT2D eigenvalue weighted by Crippen LogP contribution is -2.40. The fourth-order valence-corrected chi connectivity index (χ4v) is 4.49. The Morgan fingerprint density at radius 1 is 1.29 bits per heavy atom. The number of imidazole rings is 1. The van der Waals surface area contributed by atoms with Crippen molar-refractivity contribution in [3.63, 3.8) is 0 Å². The van der Waals surface area contributed by atoms with E-state index < -0.39 is 10.0 Å². The van der Waals surface area contributed by atoms with Gasteiger partial charge < -0.3 is 4.57 Å². The summed E-state index contributed by atoms with van der Waals surface area (Å²) in [6.45, 7) is 2.14. The third kappa shape index (κ3) is 2.26. The Labute approximate surface area is 122 Å². The molecule has 2 aromatic rings. The van der Waals surface area contributed by atoms with Crippen molar-refractivity contribution >= 4 is 10.0 Å². The van der Waals surface area contributed by atoms with Crippen LogP contribution in [-0.4, -0.2) is 48.8 Å². The van der Waals surface area contributed by atoms with Gasteiger partial charge in [0.2, 0.25) is 10.0 Å². The molecule has 3 heterocycles. The summed E-state index contributed by atoms with van der Waals surface area (Å²) in [7, 11) is -3.12. The van der Waals surface area contributed by atoms with Gasteiger partial charge in [0.05, 0.1) is 30.2 Å². The topological polar surface area (TPSA) is 85.9 Å². The third-order valence-electron chi connectivity index (χ3n) is 4.01. The van der Waals surface area contributed by atoms with Crippen molar-refractivity contribution in [3.8, 4) is 0 Å². The molecule has 0 unspecified atom stereocenters. The Hall–Kier alpha value is -1.74. The maximum Gasteiger partial charge on any atom is 0.217 e. The fraction of sp³-hybridized carbons (Fsp3) is 0.583. The summed E-state index contributed by atoms with van der Waals surface area (Å²) < 4.78 is 30.0. The first-order chi connectivity index (χ1) is 10.1. The van der Waals surface area contributed by atoms with Gasteiger partial charge in [0.1, 0.15) is 18.5 Å². The van der Waals surface area contributed by atoms with E-state index in [9.17, 15) is 8.42 Å². The standard InChI is InChI=1S/C12H16N6O2S/c19-21(20,11-1-2-11)17-3-4-18-10(5-14-12(18)7-17)6-16-9-13-8-15-16/h5,8-9,11H,1-4,6-7H2. The van der Waals surface area contributed by atoms with Crippen molar-refractivity contribution in [1.29, 1.82) is 0 Å². The highest BCUT2D eigenvalue weighted by molar-refractivity contribution is 7.90. The van der Waals surface area contributed by atoms with Crippen LogP contribution in [0.5, 0.6) is 0 Å². The molecular formula is C12H16N6O2S. The molecule has 1 fully saturated rings. The van der Waals surface area contributed by atoms with Crippen molar-refractivity contribution < 1.29 is 8.42 Å². The molecule has 112 valence electrons. The lowest BCUT2D eigenvalue weighted by Gasteiger charge is -2.27. The average Bonchev–Trinajstić information content (AvgIpc) is 3.10. The van der Waals surface area contributed by atoms with E-state index in [1.807, 2.05) is 0 Å². The predicted octanol–water partition coefficient (Wildman–Crippen LogP) is -0.169. The van der Waals surface area contributed by atoms with Crippen LogP contribution in [0.15, 0.2) is 18.9 Å². The van der Waals surface area contributed by atoms with Gasteiger partial charge in [0, 0.05) is 13.1 Å². The Bertz CT molecular complexity index is 747. The molecule has 8 nitrogen and oxygen atoms in total. The molecule has 9 heteroatoms. The maximum absolute atomic E-state index is 12.3. The Morgan fingerprint density at radius 2 is 2.14 bits per heavy atom. The van der Waals surface area contributed by atoms with E-state index in [1.54, 1.807) is 21.5 Å². The van der Waals surface area contributed by atoms with Crippen molar-refractivity contribution in [2.45, 2.75) is 37.7 Å². The third-order valence-corrected chi connectivity index (χ3v) is 6.35. The molecule has 0 bridgehead atoms. The van der Waals surface area contributed by atoms with Gasteiger partial charge >= 0.3 is 0 Å². The lowest BCUT2D eigenvalue weighted by molar-refractivity contribution is 0.330. The minimum atomic E-state index is -3.12. The normalized spacial score (nSPS) is 19.6. The minimum absolute atomic E-state index is 0.159. The number of hydrogen-bond donors (Lipinski definition) is 0. The second-order valence-corrected chi connectivity index (χ2v) is 7.70. The van der Waals surface area contributed by atoms with Crippen LogP contribution in [-0.2, 0) is 29.7 Å². The van der Waals surface area contributed by atoms with Gasteiger partial charge in [-0.25, -0.2) is 23.1 Å². The van der Waals surface area contributed by atoms with Gasteiger partial charge in [-0.1, -0.05) is 0 Å². The monoisotopic (exact) mass is 308 g/mol. The minimum Gasteiger partial charge on any atom is -0.328 e. The number of fused-ring (bicyclic) bond motifs is 1. The number of rotatable bonds is 4. The first-order valence-electron chi connectivity index (χ1n) is 6.99. The molecule has 0 saturated heterocycles. The second-order valence-electron chi connectivity index (χ2n) is 5.49. The smallest absolute Gasteiger partial charge is 0.217 e. The Kier molecular flexibility index (Phi) is 2.86. The molecular weight excluding hydrogens is 292 g/mol. The molecule has 1 saturated carbocycles. The first-order valence-corrected chi connectivity index (χ1v) is 8.49. The van der Waals surface area contributed by atoms with Crippen LogP contribution >= 0.6 is 0 Å². The van der Waals surface area contributed by atoms with Gasteiger partial charge in [-0.3, -0.25) is 0 Å². The number of sulfonamides is 1. The highest BCUT2D eigenvalue weighted by Gasteiger charge is 2.41. The molecule has 2 aliphatic rings. The van der Waals surface area contributed by atoms with E-state index in [1.165, 1.54) is 6.33 Å². The van der Waals surface area contributed by atoms with E-state index >= 15 is 0 Å². The molecule has 0 spiro atoms. The predicted molar refractivity (Wildman–Crippen MR) is 73.7 cm³/mol. The van der Waals surface area contributed by atoms with Gasteiger partial charge in [-0.2, -0.15) is 9.40 Å². The van der Waals surface area contributed by atoms with E-state index in [0.717, 1.165) is 24.4 Å². The molecule has 2 aromatic heterocycles. The molecule has 0 amide bonds. The molecule has 4 rings (SSSR count). The summed E-state index contributed by atoms with van der Waals surface area (Å²) in [4.78, 5) is 8.30. The average molecular weight is 308 g/mol. The van der Waals surface area contributed by atoms with Gasteiger partial charge in [0.15, 0.2) is 0 Å². The number of aromatic nitrogens is 5. The van der Waals surface area contributed by atoms with E-state index in [-0.39, 0.29) is 5.25 Å². The Balaban J connectivity index is 1.56. The summed E-state index contributed by atoms with van der Waals surface area (Å²) in [6.07, 6.45) is 6.55. The second kappa shape index (κ2) is 4.63. The van der Waals surface area contributed by atoms with Crippen molar-refractivity contribution in [3.05, 3.63) is 30.4 Å². The zero-order valence-electron chi connectivity index (χ0n) is 11.5. The SMILES string of the molecule is O=S(=O)(C1CC1)N1CCn2c(Cn3cncn3)cnc2C1. The van der Waals surface area contributed by atoms with Crippen molar-refractivity contribution in [2.24, 2.45) is 0 Å². The summed E-state index contributed by atoms with van der Waals surface area (Å²) in [5, 5.41) is 3.93. The summed E-state index contributed by atoms with van der Waals surface area (Å²) >= 11 is 0. The van der Waals surface area contributed by atoms with E-state index in [2.05, 4.69) is 19.6 Å². The quantitative estimate of drug-likeness (QED) is 0.783. The highest BCUT2D eigenvalue weighted by Crippen LogP contribution is 2.32. The largest absolute Gasteiger partial charge is 0.328 e. The maximum atomic E-state index is 12.3. The lowest BCUT2D eigenvalue weighted by atomic mass is 10.4.